The minimum absolute atomic E-state index is 0.0321. The van der Waals surface area contributed by atoms with Gasteiger partial charge >= 0.3 is 0 Å². The van der Waals surface area contributed by atoms with Gasteiger partial charge in [-0.3, -0.25) is 9.59 Å². The number of hydrogen-bond acceptors (Lipinski definition) is 3. The average Bonchev–Trinajstić information content (AvgIpc) is 3.11. The van der Waals surface area contributed by atoms with E-state index in [-0.39, 0.29) is 17.9 Å². The van der Waals surface area contributed by atoms with Crippen LogP contribution < -0.4 is 11.1 Å². The second-order valence-corrected chi connectivity index (χ2v) is 4.72. The number of ether oxygens (including phenoxy) is 1. The predicted octanol–water partition coefficient (Wildman–Crippen LogP) is 1.46. The van der Waals surface area contributed by atoms with E-state index >= 15 is 0 Å². The Morgan fingerprint density at radius 2 is 2.21 bits per heavy atom. The van der Waals surface area contributed by atoms with Crippen molar-refractivity contribution in [3.63, 3.8) is 0 Å². The van der Waals surface area contributed by atoms with Crippen molar-refractivity contribution >= 4 is 17.5 Å². The van der Waals surface area contributed by atoms with E-state index in [9.17, 15) is 9.59 Å². The van der Waals surface area contributed by atoms with Crippen LogP contribution in [0.2, 0.25) is 0 Å². The van der Waals surface area contributed by atoms with Gasteiger partial charge in [-0.05, 0) is 38.0 Å². The molecule has 0 radical (unpaired) electrons. The van der Waals surface area contributed by atoms with Gasteiger partial charge in [0, 0.05) is 17.9 Å². The smallest absolute Gasteiger partial charge is 0.248 e. The summed E-state index contributed by atoms with van der Waals surface area (Å²) in [5.41, 5.74) is 7.14. The second kappa shape index (κ2) is 5.40. The molecule has 0 spiro atoms. The Morgan fingerprint density at radius 1 is 1.47 bits per heavy atom. The van der Waals surface area contributed by atoms with E-state index in [1.807, 2.05) is 13.8 Å². The van der Waals surface area contributed by atoms with Gasteiger partial charge in [-0.1, -0.05) is 6.07 Å². The van der Waals surface area contributed by atoms with Crippen molar-refractivity contribution in [2.75, 3.05) is 11.9 Å². The molecule has 1 aliphatic rings. The zero-order valence-electron chi connectivity index (χ0n) is 11.1. The van der Waals surface area contributed by atoms with Gasteiger partial charge in [-0.2, -0.15) is 0 Å². The quantitative estimate of drug-likeness (QED) is 0.842. The lowest BCUT2D eigenvalue weighted by Crippen LogP contribution is -2.18. The van der Waals surface area contributed by atoms with Gasteiger partial charge in [0.1, 0.15) is 0 Å². The van der Waals surface area contributed by atoms with Crippen molar-refractivity contribution in [1.82, 2.24) is 0 Å². The molecule has 1 fully saturated rings. The molecule has 0 saturated heterocycles. The number of nitrogens with one attached hydrogen (secondary N) is 1. The fraction of sp³-hybridized carbons (Fsp3) is 0.429. The summed E-state index contributed by atoms with van der Waals surface area (Å²) in [4.78, 5) is 23.1. The van der Waals surface area contributed by atoms with Crippen molar-refractivity contribution in [2.45, 2.75) is 26.4 Å². The highest BCUT2D eigenvalue weighted by atomic mass is 16.5. The van der Waals surface area contributed by atoms with Gasteiger partial charge in [0.25, 0.3) is 0 Å². The molecule has 0 aliphatic heterocycles. The third-order valence-corrected chi connectivity index (χ3v) is 3.23. The van der Waals surface area contributed by atoms with E-state index in [0.717, 1.165) is 12.0 Å². The lowest BCUT2D eigenvalue weighted by Gasteiger charge is -2.09. The summed E-state index contributed by atoms with van der Waals surface area (Å²) < 4.78 is 5.38. The van der Waals surface area contributed by atoms with E-state index in [0.29, 0.717) is 17.9 Å². The van der Waals surface area contributed by atoms with Crippen LogP contribution in [0.25, 0.3) is 0 Å². The number of rotatable bonds is 5. The summed E-state index contributed by atoms with van der Waals surface area (Å²) in [6.45, 7) is 4.39. The van der Waals surface area contributed by atoms with Gasteiger partial charge in [0.2, 0.25) is 11.8 Å². The molecular formula is C14H18N2O3. The molecule has 2 amide bonds. The summed E-state index contributed by atoms with van der Waals surface area (Å²) in [6.07, 6.45) is 0.790. The first-order valence-corrected chi connectivity index (χ1v) is 6.35. The number of anilines is 1. The molecule has 1 aromatic carbocycles. The van der Waals surface area contributed by atoms with Crippen LogP contribution in [0.15, 0.2) is 18.2 Å². The third kappa shape index (κ3) is 3.12. The summed E-state index contributed by atoms with van der Waals surface area (Å²) >= 11 is 0. The molecule has 2 rings (SSSR count). The number of carbonyl (C=O) groups is 2. The van der Waals surface area contributed by atoms with Crippen LogP contribution in [0.1, 0.15) is 29.3 Å². The monoisotopic (exact) mass is 262 g/mol. The van der Waals surface area contributed by atoms with Gasteiger partial charge < -0.3 is 15.8 Å². The average molecular weight is 262 g/mol. The minimum atomic E-state index is -0.505. The molecule has 0 bridgehead atoms. The highest BCUT2D eigenvalue weighted by Gasteiger charge is 2.44. The van der Waals surface area contributed by atoms with E-state index in [2.05, 4.69) is 5.32 Å². The normalized spacial score (nSPS) is 20.9. The molecule has 3 N–H and O–H groups in total. The van der Waals surface area contributed by atoms with E-state index < -0.39 is 5.91 Å². The van der Waals surface area contributed by atoms with Gasteiger partial charge in [-0.25, -0.2) is 0 Å². The third-order valence-electron chi connectivity index (χ3n) is 3.23. The SMILES string of the molecule is CCO[C@H]1C[C@@H]1C(=O)Nc1cc(C(N)=O)ccc1C. The first-order chi connectivity index (χ1) is 9.02. The highest BCUT2D eigenvalue weighted by molar-refractivity contribution is 5.98. The number of hydrogen-bond donors (Lipinski definition) is 2. The van der Waals surface area contributed by atoms with Crippen LogP contribution in [0, 0.1) is 12.8 Å². The van der Waals surface area contributed by atoms with Crippen molar-refractivity contribution in [3.05, 3.63) is 29.3 Å². The van der Waals surface area contributed by atoms with E-state index in [1.54, 1.807) is 18.2 Å². The summed E-state index contributed by atoms with van der Waals surface area (Å²) in [5.74, 6) is -0.658. The Labute approximate surface area is 112 Å². The Morgan fingerprint density at radius 3 is 2.84 bits per heavy atom. The Hall–Kier alpha value is -1.88. The topological polar surface area (TPSA) is 81.4 Å². The van der Waals surface area contributed by atoms with Crippen LogP contribution in [-0.2, 0) is 9.53 Å². The maximum atomic E-state index is 12.0. The number of aryl methyl sites for hydroxylation is 1. The molecule has 1 saturated carbocycles. The lowest BCUT2D eigenvalue weighted by atomic mass is 10.1. The molecule has 2 atom stereocenters. The number of carbonyl (C=O) groups excluding carboxylic acids is 2. The minimum Gasteiger partial charge on any atom is -0.378 e. The highest BCUT2D eigenvalue weighted by Crippen LogP contribution is 2.35. The largest absolute Gasteiger partial charge is 0.378 e. The van der Waals surface area contributed by atoms with Crippen LogP contribution in [0.3, 0.4) is 0 Å². The lowest BCUT2D eigenvalue weighted by molar-refractivity contribution is -0.118. The zero-order valence-corrected chi connectivity index (χ0v) is 11.1. The molecule has 1 aliphatic carbocycles. The van der Waals surface area contributed by atoms with Crippen molar-refractivity contribution in [1.29, 1.82) is 0 Å². The van der Waals surface area contributed by atoms with E-state index in [1.165, 1.54) is 0 Å². The molecule has 0 aromatic heterocycles. The molecule has 19 heavy (non-hydrogen) atoms. The fourth-order valence-electron chi connectivity index (χ4n) is 1.98. The predicted molar refractivity (Wildman–Crippen MR) is 71.8 cm³/mol. The summed E-state index contributed by atoms with van der Waals surface area (Å²) in [7, 11) is 0. The first-order valence-electron chi connectivity index (χ1n) is 6.35. The Balaban J connectivity index is 2.05. The number of amides is 2. The first kappa shape index (κ1) is 13.5. The molecule has 0 unspecified atom stereocenters. The number of benzene rings is 1. The second-order valence-electron chi connectivity index (χ2n) is 4.72. The van der Waals surface area contributed by atoms with Crippen LogP contribution >= 0.6 is 0 Å². The molecule has 1 aromatic rings. The Bertz CT molecular complexity index is 513. The summed E-state index contributed by atoms with van der Waals surface area (Å²) in [5, 5.41) is 2.83. The number of nitrogens with two attached hydrogens (primary N) is 1. The van der Waals surface area contributed by atoms with Crippen LogP contribution in [0.4, 0.5) is 5.69 Å². The van der Waals surface area contributed by atoms with Crippen molar-refractivity contribution in [2.24, 2.45) is 11.7 Å². The van der Waals surface area contributed by atoms with Crippen LogP contribution in [0.5, 0.6) is 0 Å². The van der Waals surface area contributed by atoms with Gasteiger partial charge in [0.15, 0.2) is 0 Å². The van der Waals surface area contributed by atoms with Gasteiger partial charge in [-0.15, -0.1) is 0 Å². The fourth-order valence-corrected chi connectivity index (χ4v) is 1.98. The number of primary amides is 1. The Kier molecular flexibility index (Phi) is 3.85. The standard InChI is InChI=1S/C14H18N2O3/c1-3-19-12-7-10(12)14(18)16-11-6-9(13(15)17)5-4-8(11)2/h4-6,10,12H,3,7H2,1-2H3,(H2,15,17)(H,16,18)/t10-,12-/m0/s1. The molecule has 102 valence electrons. The zero-order chi connectivity index (χ0) is 14.0. The molecule has 5 nitrogen and oxygen atoms in total. The maximum absolute atomic E-state index is 12.0. The van der Waals surface area contributed by atoms with E-state index in [4.69, 9.17) is 10.5 Å². The van der Waals surface area contributed by atoms with Crippen molar-refractivity contribution in [3.8, 4) is 0 Å². The molecular weight excluding hydrogens is 244 g/mol. The molecule has 5 heteroatoms. The molecule has 0 heterocycles. The van der Waals surface area contributed by atoms with Crippen molar-refractivity contribution < 1.29 is 14.3 Å². The maximum Gasteiger partial charge on any atom is 0.248 e. The summed E-state index contributed by atoms with van der Waals surface area (Å²) in [6, 6.07) is 5.02. The van der Waals surface area contributed by atoms with Crippen LogP contribution in [-0.4, -0.2) is 24.5 Å². The van der Waals surface area contributed by atoms with Gasteiger partial charge in [0.05, 0.1) is 12.0 Å².